The first kappa shape index (κ1) is 18.5. The van der Waals surface area contributed by atoms with Gasteiger partial charge in [0.1, 0.15) is 4.90 Å². The third kappa shape index (κ3) is 5.63. The lowest BCUT2D eigenvalue weighted by atomic mass is 10.2. The number of rotatable bonds is 6. The Morgan fingerprint density at radius 3 is 2.33 bits per heavy atom. The van der Waals surface area contributed by atoms with Crippen LogP contribution in [0.4, 0.5) is 13.2 Å². The standard InChI is InChI=1S/C11H13Cl2F3N2O2S/c1-17-6-7-4-10(9(13)5-8(7)12)21(19,20)18-3-2-11(14,15)16/h4-5,17-18H,2-3,6H2,1H3. The van der Waals surface area contributed by atoms with E-state index in [0.717, 1.165) is 0 Å². The smallest absolute Gasteiger partial charge is 0.316 e. The Labute approximate surface area is 130 Å². The molecule has 0 atom stereocenters. The van der Waals surface area contributed by atoms with Crippen molar-refractivity contribution in [2.75, 3.05) is 13.6 Å². The largest absolute Gasteiger partial charge is 0.390 e. The third-order valence-electron chi connectivity index (χ3n) is 2.46. The minimum Gasteiger partial charge on any atom is -0.316 e. The summed E-state index contributed by atoms with van der Waals surface area (Å²) in [6.07, 6.45) is -5.70. The molecule has 21 heavy (non-hydrogen) atoms. The molecule has 0 saturated heterocycles. The molecule has 0 aromatic heterocycles. The lowest BCUT2D eigenvalue weighted by Crippen LogP contribution is -2.28. The second kappa shape index (κ2) is 7.15. The van der Waals surface area contributed by atoms with Gasteiger partial charge in [-0.1, -0.05) is 23.2 Å². The van der Waals surface area contributed by atoms with Crippen LogP contribution in [0.25, 0.3) is 0 Å². The summed E-state index contributed by atoms with van der Waals surface area (Å²) in [5.74, 6) is 0. The number of alkyl halides is 3. The zero-order valence-corrected chi connectivity index (χ0v) is 13.2. The van der Waals surface area contributed by atoms with Crippen molar-refractivity contribution in [3.63, 3.8) is 0 Å². The van der Waals surface area contributed by atoms with E-state index in [0.29, 0.717) is 12.1 Å². The molecule has 2 N–H and O–H groups in total. The molecule has 0 spiro atoms. The molecule has 4 nitrogen and oxygen atoms in total. The first-order chi connectivity index (χ1) is 9.57. The molecule has 0 aliphatic heterocycles. The summed E-state index contributed by atoms with van der Waals surface area (Å²) >= 11 is 11.7. The SMILES string of the molecule is CNCc1cc(S(=O)(=O)NCCC(F)(F)F)c(Cl)cc1Cl. The molecule has 10 heteroatoms. The molecule has 0 saturated carbocycles. The van der Waals surface area contributed by atoms with Crippen LogP contribution in [0.2, 0.25) is 10.0 Å². The Kier molecular flexibility index (Phi) is 6.30. The number of nitrogens with one attached hydrogen (secondary N) is 2. The average Bonchev–Trinajstić information content (AvgIpc) is 2.30. The van der Waals surface area contributed by atoms with Gasteiger partial charge in [0.2, 0.25) is 10.0 Å². The third-order valence-corrected chi connectivity index (χ3v) is 4.74. The molecule has 0 radical (unpaired) electrons. The molecule has 1 aromatic carbocycles. The topological polar surface area (TPSA) is 58.2 Å². The molecule has 1 rings (SSSR count). The lowest BCUT2D eigenvalue weighted by Gasteiger charge is -2.12. The zero-order chi connectivity index (χ0) is 16.3. The van der Waals surface area contributed by atoms with Crippen LogP contribution in [-0.2, 0) is 16.6 Å². The van der Waals surface area contributed by atoms with E-state index >= 15 is 0 Å². The molecule has 0 aliphatic rings. The van der Waals surface area contributed by atoms with Gasteiger partial charge in [0.05, 0.1) is 11.4 Å². The Morgan fingerprint density at radius 1 is 1.19 bits per heavy atom. The molecular weight excluding hydrogens is 352 g/mol. The summed E-state index contributed by atoms with van der Waals surface area (Å²) in [5, 5.41) is 2.91. The Morgan fingerprint density at radius 2 is 1.81 bits per heavy atom. The van der Waals surface area contributed by atoms with E-state index in [2.05, 4.69) is 5.32 Å². The number of sulfonamides is 1. The summed E-state index contributed by atoms with van der Waals surface area (Å²) in [6, 6.07) is 2.48. The van der Waals surface area contributed by atoms with Crippen molar-refractivity contribution < 1.29 is 21.6 Å². The van der Waals surface area contributed by atoms with Crippen LogP contribution in [0.1, 0.15) is 12.0 Å². The fourth-order valence-corrected chi connectivity index (χ4v) is 3.40. The Hall–Kier alpha value is -0.540. The molecule has 0 aliphatic carbocycles. The van der Waals surface area contributed by atoms with Crippen molar-refractivity contribution in [1.82, 2.24) is 10.0 Å². The quantitative estimate of drug-likeness (QED) is 0.815. The van der Waals surface area contributed by atoms with Crippen LogP contribution in [0.3, 0.4) is 0 Å². The van der Waals surface area contributed by atoms with E-state index in [1.165, 1.54) is 12.1 Å². The molecule has 0 fully saturated rings. The molecule has 1 aromatic rings. The molecule has 0 heterocycles. The number of benzene rings is 1. The number of hydrogen-bond donors (Lipinski definition) is 2. The predicted octanol–water partition coefficient (Wildman–Crippen LogP) is 2.94. The van der Waals surface area contributed by atoms with Crippen LogP contribution >= 0.6 is 23.2 Å². The molecule has 0 amide bonds. The second-order valence-electron chi connectivity index (χ2n) is 4.17. The Bertz CT molecular complexity index is 606. The molecular formula is C11H13Cl2F3N2O2S. The van der Waals surface area contributed by atoms with E-state index in [9.17, 15) is 21.6 Å². The van der Waals surface area contributed by atoms with Crippen LogP contribution in [0.5, 0.6) is 0 Å². The van der Waals surface area contributed by atoms with E-state index in [1.54, 1.807) is 7.05 Å². The predicted molar refractivity (Wildman–Crippen MR) is 75.1 cm³/mol. The maximum absolute atomic E-state index is 12.0. The van der Waals surface area contributed by atoms with E-state index < -0.39 is 29.2 Å². The fourth-order valence-electron chi connectivity index (χ4n) is 1.51. The highest BCUT2D eigenvalue weighted by atomic mass is 35.5. The highest BCUT2D eigenvalue weighted by molar-refractivity contribution is 7.89. The average molecular weight is 365 g/mol. The maximum Gasteiger partial charge on any atom is 0.390 e. The van der Waals surface area contributed by atoms with Crippen molar-refractivity contribution in [2.24, 2.45) is 0 Å². The highest BCUT2D eigenvalue weighted by Crippen LogP contribution is 2.29. The van der Waals surface area contributed by atoms with Gasteiger partial charge in [-0.25, -0.2) is 13.1 Å². The normalized spacial score (nSPS) is 12.7. The van der Waals surface area contributed by atoms with Crippen LogP contribution in [0, 0.1) is 0 Å². The van der Waals surface area contributed by atoms with Gasteiger partial charge in [-0.3, -0.25) is 0 Å². The molecule has 0 unspecified atom stereocenters. The summed E-state index contributed by atoms with van der Waals surface area (Å²) in [5.41, 5.74) is 0.472. The van der Waals surface area contributed by atoms with Gasteiger partial charge in [0.25, 0.3) is 0 Å². The van der Waals surface area contributed by atoms with E-state index in [1.807, 2.05) is 4.72 Å². The number of halogens is 5. The van der Waals surface area contributed by atoms with Gasteiger partial charge in [0.15, 0.2) is 0 Å². The number of hydrogen-bond acceptors (Lipinski definition) is 3. The van der Waals surface area contributed by atoms with Gasteiger partial charge in [-0.05, 0) is 24.7 Å². The molecule has 0 bridgehead atoms. The summed E-state index contributed by atoms with van der Waals surface area (Å²) in [6.45, 7) is -0.465. The minimum atomic E-state index is -4.44. The van der Waals surface area contributed by atoms with Crippen LogP contribution in [-0.4, -0.2) is 28.2 Å². The van der Waals surface area contributed by atoms with E-state index in [4.69, 9.17) is 23.2 Å². The van der Waals surface area contributed by atoms with Gasteiger partial charge >= 0.3 is 6.18 Å². The minimum absolute atomic E-state index is 0.153. The summed E-state index contributed by atoms with van der Waals surface area (Å²) < 4.78 is 62.0. The van der Waals surface area contributed by atoms with Gasteiger partial charge in [-0.15, -0.1) is 0 Å². The second-order valence-corrected chi connectivity index (χ2v) is 6.72. The van der Waals surface area contributed by atoms with Crippen molar-refractivity contribution >= 4 is 33.2 Å². The summed E-state index contributed by atoms with van der Waals surface area (Å²) in [4.78, 5) is -0.305. The van der Waals surface area contributed by atoms with Gasteiger partial charge < -0.3 is 5.32 Å². The zero-order valence-electron chi connectivity index (χ0n) is 10.9. The van der Waals surface area contributed by atoms with Crippen molar-refractivity contribution in [2.45, 2.75) is 24.0 Å². The lowest BCUT2D eigenvalue weighted by molar-refractivity contribution is -0.132. The van der Waals surface area contributed by atoms with Gasteiger partial charge in [-0.2, -0.15) is 13.2 Å². The van der Waals surface area contributed by atoms with Gasteiger partial charge in [0, 0.05) is 18.1 Å². The fraction of sp³-hybridized carbons (Fsp3) is 0.455. The monoisotopic (exact) mass is 364 g/mol. The highest BCUT2D eigenvalue weighted by Gasteiger charge is 2.28. The van der Waals surface area contributed by atoms with Crippen molar-refractivity contribution in [1.29, 1.82) is 0 Å². The van der Waals surface area contributed by atoms with Crippen molar-refractivity contribution in [3.8, 4) is 0 Å². The van der Waals surface area contributed by atoms with Crippen molar-refractivity contribution in [3.05, 3.63) is 27.7 Å². The first-order valence-corrected chi connectivity index (χ1v) is 7.99. The van der Waals surface area contributed by atoms with E-state index in [-0.39, 0.29) is 14.9 Å². The summed E-state index contributed by atoms with van der Waals surface area (Å²) in [7, 11) is -2.50. The Balaban J connectivity index is 2.99. The van der Waals surface area contributed by atoms with Crippen LogP contribution < -0.4 is 10.0 Å². The maximum atomic E-state index is 12.0. The van der Waals surface area contributed by atoms with Crippen LogP contribution in [0.15, 0.2) is 17.0 Å². The first-order valence-electron chi connectivity index (χ1n) is 5.76. The molecule has 120 valence electrons.